The molecule has 30 heavy (non-hydrogen) atoms. The zero-order chi connectivity index (χ0) is 21.1. The number of nitriles is 1. The van der Waals surface area contributed by atoms with Gasteiger partial charge in [0.2, 0.25) is 0 Å². The summed E-state index contributed by atoms with van der Waals surface area (Å²) in [6.45, 7) is 1.59. The second-order valence-electron chi connectivity index (χ2n) is 7.37. The predicted molar refractivity (Wildman–Crippen MR) is 118 cm³/mol. The van der Waals surface area contributed by atoms with Gasteiger partial charge in [0.05, 0.1) is 22.8 Å². The van der Waals surface area contributed by atoms with Crippen molar-refractivity contribution < 1.29 is 4.79 Å². The van der Waals surface area contributed by atoms with Crippen molar-refractivity contribution in [1.82, 2.24) is 10.4 Å². The molecule has 8 heteroatoms. The van der Waals surface area contributed by atoms with Gasteiger partial charge in [0.15, 0.2) is 0 Å². The number of halogens is 2. The molecule has 0 bridgehead atoms. The molecule has 2 aliphatic rings. The van der Waals surface area contributed by atoms with Crippen molar-refractivity contribution in [3.8, 4) is 6.07 Å². The number of hydrogen-bond donors (Lipinski definition) is 1. The van der Waals surface area contributed by atoms with Crippen LogP contribution in [-0.2, 0) is 4.79 Å². The molecule has 2 heterocycles. The Morgan fingerprint density at radius 3 is 2.43 bits per heavy atom. The number of amides is 1. The summed E-state index contributed by atoms with van der Waals surface area (Å²) in [6, 6.07) is 16.3. The summed E-state index contributed by atoms with van der Waals surface area (Å²) in [5, 5.41) is 19.3. The second kappa shape index (κ2) is 9.05. The number of benzene rings is 2. The van der Waals surface area contributed by atoms with E-state index in [0.29, 0.717) is 15.7 Å². The minimum atomic E-state index is -0.757. The molecule has 0 aliphatic carbocycles. The van der Waals surface area contributed by atoms with Crippen molar-refractivity contribution in [2.75, 3.05) is 18.1 Å². The average Bonchev–Trinajstić information content (AvgIpc) is 3.15. The number of para-hydroxylation sites is 1. The van der Waals surface area contributed by atoms with Crippen LogP contribution in [0.2, 0.25) is 10.0 Å². The van der Waals surface area contributed by atoms with Crippen molar-refractivity contribution in [3.05, 3.63) is 64.1 Å². The third-order valence-corrected chi connectivity index (χ3v) is 5.96. The van der Waals surface area contributed by atoms with E-state index in [-0.39, 0.29) is 11.6 Å². The minimum absolute atomic E-state index is 0.183. The summed E-state index contributed by atoms with van der Waals surface area (Å²) < 4.78 is 0. The van der Waals surface area contributed by atoms with Crippen LogP contribution < -0.4 is 10.4 Å². The maximum atomic E-state index is 13.1. The molecule has 2 atom stereocenters. The van der Waals surface area contributed by atoms with Gasteiger partial charge < -0.3 is 0 Å². The highest BCUT2D eigenvalue weighted by molar-refractivity contribution is 6.41. The number of hydrogen-bond acceptors (Lipinski definition) is 5. The normalized spacial score (nSPS) is 21.8. The van der Waals surface area contributed by atoms with Gasteiger partial charge in [0.25, 0.3) is 5.91 Å². The first kappa shape index (κ1) is 20.7. The molecule has 2 aromatic rings. The van der Waals surface area contributed by atoms with Gasteiger partial charge in [-0.1, -0.05) is 53.9 Å². The number of piperidine rings is 1. The van der Waals surface area contributed by atoms with Gasteiger partial charge in [-0.05, 0) is 42.7 Å². The van der Waals surface area contributed by atoms with Crippen LogP contribution in [0.15, 0.2) is 53.6 Å². The quantitative estimate of drug-likeness (QED) is 0.753. The van der Waals surface area contributed by atoms with E-state index >= 15 is 0 Å². The smallest absolute Gasteiger partial charge is 0.283 e. The number of rotatable bonds is 4. The molecule has 1 fully saturated rings. The van der Waals surface area contributed by atoms with Gasteiger partial charge in [-0.15, -0.1) is 0 Å². The second-order valence-corrected chi connectivity index (χ2v) is 8.22. The number of nitrogens with one attached hydrogen (secondary N) is 1. The molecule has 0 unspecified atom stereocenters. The lowest BCUT2D eigenvalue weighted by Gasteiger charge is -2.27. The first-order valence-corrected chi connectivity index (χ1v) is 10.7. The van der Waals surface area contributed by atoms with Crippen molar-refractivity contribution in [2.45, 2.75) is 25.3 Å². The van der Waals surface area contributed by atoms with E-state index in [1.807, 2.05) is 35.3 Å². The number of hydrazine groups is 1. The Bertz CT molecular complexity index is 995. The Balaban J connectivity index is 1.71. The van der Waals surface area contributed by atoms with Crippen molar-refractivity contribution >= 4 is 40.5 Å². The van der Waals surface area contributed by atoms with E-state index in [1.54, 1.807) is 23.2 Å². The summed E-state index contributed by atoms with van der Waals surface area (Å²) >= 11 is 12.5. The highest BCUT2D eigenvalue weighted by atomic mass is 35.5. The van der Waals surface area contributed by atoms with E-state index in [0.717, 1.165) is 37.9 Å². The molecule has 4 rings (SSSR count). The van der Waals surface area contributed by atoms with Crippen molar-refractivity contribution in [1.29, 1.82) is 5.26 Å². The Hall–Kier alpha value is -2.59. The summed E-state index contributed by atoms with van der Waals surface area (Å²) in [5.41, 5.74) is 4.58. The SMILES string of the molecule is N#C[C@H]1C(C(=O)NN2CCCCC2)=NN(c2ccccc2Cl)[C@@H]1c1ccc(Cl)cc1. The maximum absolute atomic E-state index is 13.1. The number of carbonyl (C=O) groups is 1. The maximum Gasteiger partial charge on any atom is 0.283 e. The zero-order valence-corrected chi connectivity index (χ0v) is 17.8. The number of carbonyl (C=O) groups excluding carboxylic acids is 1. The number of hydrazone groups is 1. The lowest BCUT2D eigenvalue weighted by Crippen LogP contribution is -2.48. The molecule has 0 radical (unpaired) electrons. The summed E-state index contributed by atoms with van der Waals surface area (Å²) in [6.07, 6.45) is 3.23. The third-order valence-electron chi connectivity index (χ3n) is 5.39. The average molecular weight is 442 g/mol. The molecule has 1 N–H and O–H groups in total. The third kappa shape index (κ3) is 4.15. The van der Waals surface area contributed by atoms with Crippen LogP contribution >= 0.6 is 23.2 Å². The van der Waals surface area contributed by atoms with E-state index in [4.69, 9.17) is 23.2 Å². The highest BCUT2D eigenvalue weighted by Gasteiger charge is 2.43. The number of anilines is 1. The Morgan fingerprint density at radius 1 is 1.07 bits per heavy atom. The fourth-order valence-corrected chi connectivity index (χ4v) is 4.24. The van der Waals surface area contributed by atoms with Gasteiger partial charge in [-0.3, -0.25) is 15.2 Å². The van der Waals surface area contributed by atoms with Crippen LogP contribution in [0, 0.1) is 17.2 Å². The van der Waals surface area contributed by atoms with Gasteiger partial charge in [-0.2, -0.15) is 10.4 Å². The molecule has 2 aliphatic heterocycles. The van der Waals surface area contributed by atoms with E-state index in [1.165, 1.54) is 0 Å². The van der Waals surface area contributed by atoms with E-state index in [2.05, 4.69) is 16.6 Å². The predicted octanol–water partition coefficient (Wildman–Crippen LogP) is 4.57. The highest BCUT2D eigenvalue weighted by Crippen LogP contribution is 2.41. The lowest BCUT2D eigenvalue weighted by molar-refractivity contribution is -0.119. The van der Waals surface area contributed by atoms with Crippen LogP contribution in [0.4, 0.5) is 5.69 Å². The molecule has 0 spiro atoms. The minimum Gasteiger partial charge on any atom is -0.284 e. The van der Waals surface area contributed by atoms with Crippen LogP contribution in [0.1, 0.15) is 30.9 Å². The Kier molecular flexibility index (Phi) is 6.24. The molecule has 1 amide bonds. The Labute approximate surface area is 185 Å². The zero-order valence-electron chi connectivity index (χ0n) is 16.3. The Morgan fingerprint density at radius 2 is 1.77 bits per heavy atom. The molecule has 1 saturated heterocycles. The number of nitrogens with zero attached hydrogens (tertiary/aromatic N) is 4. The standard InChI is InChI=1S/C22H21Cl2N5O/c23-16-10-8-15(9-11-16)21-17(14-25)20(22(30)27-28-12-4-1-5-13-28)26-29(21)19-7-3-2-6-18(19)24/h2-3,6-11,17,21H,1,4-5,12-13H2,(H,27,30)/t17-,21+/m0/s1. The van der Waals surface area contributed by atoms with Crippen LogP contribution in [-0.4, -0.2) is 29.7 Å². The van der Waals surface area contributed by atoms with E-state index in [9.17, 15) is 10.1 Å². The largest absolute Gasteiger partial charge is 0.284 e. The molecular formula is C22H21Cl2N5O. The van der Waals surface area contributed by atoms with Crippen molar-refractivity contribution in [3.63, 3.8) is 0 Å². The molecule has 0 aromatic heterocycles. The van der Waals surface area contributed by atoms with Crippen LogP contribution in [0.5, 0.6) is 0 Å². The van der Waals surface area contributed by atoms with Gasteiger partial charge in [0.1, 0.15) is 11.6 Å². The van der Waals surface area contributed by atoms with Crippen LogP contribution in [0.25, 0.3) is 0 Å². The fourth-order valence-electron chi connectivity index (χ4n) is 3.89. The first-order valence-electron chi connectivity index (χ1n) is 9.92. The molecule has 2 aromatic carbocycles. The van der Waals surface area contributed by atoms with E-state index < -0.39 is 12.0 Å². The molecule has 154 valence electrons. The molecular weight excluding hydrogens is 421 g/mol. The van der Waals surface area contributed by atoms with Gasteiger partial charge >= 0.3 is 0 Å². The van der Waals surface area contributed by atoms with Crippen LogP contribution in [0.3, 0.4) is 0 Å². The summed E-state index contributed by atoms with van der Waals surface area (Å²) in [5.74, 6) is -1.11. The van der Waals surface area contributed by atoms with Gasteiger partial charge in [0, 0.05) is 18.1 Å². The summed E-state index contributed by atoms with van der Waals surface area (Å²) in [4.78, 5) is 13.1. The first-order chi connectivity index (χ1) is 14.6. The topological polar surface area (TPSA) is 71.7 Å². The molecule has 6 nitrogen and oxygen atoms in total. The van der Waals surface area contributed by atoms with Crippen molar-refractivity contribution in [2.24, 2.45) is 11.0 Å². The molecule has 0 saturated carbocycles. The monoisotopic (exact) mass is 441 g/mol. The summed E-state index contributed by atoms with van der Waals surface area (Å²) in [7, 11) is 0. The lowest BCUT2D eigenvalue weighted by atomic mass is 9.90. The van der Waals surface area contributed by atoms with Gasteiger partial charge in [-0.25, -0.2) is 5.01 Å². The fraction of sp³-hybridized carbons (Fsp3) is 0.318.